The standard InChI is InChI=1S/C45H72N2O/c1-4-7-10-13-16-18-19-21-24-28-40-29-27-31-43(37-40)47-44(30-25-22-15-12-9-6-3)39-46-42-35-33-41(34-36-42)38-45(48)32-26-23-20-17-14-11-8-5-2/h27,29,31,33-37,39H,4-26,28,30,32,38H2,1-3H3. The molecule has 3 heteroatoms. The number of hydrogen-bond acceptors (Lipinski definition) is 3. The van der Waals surface area contributed by atoms with Crippen molar-refractivity contribution < 1.29 is 4.79 Å². The lowest BCUT2D eigenvalue weighted by atomic mass is 10.0. The molecular formula is C45H72N2O. The largest absolute Gasteiger partial charge is 0.299 e. The first-order valence-corrected chi connectivity index (χ1v) is 20.5. The number of carbonyl (C=O) groups is 1. The van der Waals surface area contributed by atoms with Gasteiger partial charge >= 0.3 is 0 Å². The molecule has 0 spiro atoms. The van der Waals surface area contributed by atoms with E-state index in [1.165, 1.54) is 140 Å². The molecule has 0 aliphatic carbocycles. The van der Waals surface area contributed by atoms with Crippen molar-refractivity contribution in [2.75, 3.05) is 0 Å². The van der Waals surface area contributed by atoms with Crippen LogP contribution in [0.2, 0.25) is 0 Å². The molecule has 3 nitrogen and oxygen atoms in total. The van der Waals surface area contributed by atoms with Crippen LogP contribution in [0.15, 0.2) is 58.5 Å². The number of aryl methyl sites for hydroxylation is 1. The Kier molecular flexibility index (Phi) is 25.5. The van der Waals surface area contributed by atoms with Crippen LogP contribution in [0.1, 0.15) is 192 Å². The van der Waals surface area contributed by atoms with Crippen molar-refractivity contribution in [3.63, 3.8) is 0 Å². The van der Waals surface area contributed by atoms with Crippen LogP contribution < -0.4 is 0 Å². The van der Waals surface area contributed by atoms with Crippen molar-refractivity contribution in [1.29, 1.82) is 0 Å². The molecule has 0 heterocycles. The van der Waals surface area contributed by atoms with Crippen molar-refractivity contribution in [1.82, 2.24) is 0 Å². The lowest BCUT2D eigenvalue weighted by Gasteiger charge is -2.06. The third kappa shape index (κ3) is 22.2. The Morgan fingerprint density at radius 2 is 1.02 bits per heavy atom. The Hall–Kier alpha value is -2.55. The fraction of sp³-hybridized carbons (Fsp3) is 0.667. The predicted molar refractivity (Wildman–Crippen MR) is 213 cm³/mol. The number of hydrogen-bond donors (Lipinski definition) is 0. The van der Waals surface area contributed by atoms with E-state index in [2.05, 4.69) is 57.2 Å². The van der Waals surface area contributed by atoms with Crippen molar-refractivity contribution >= 4 is 29.1 Å². The molecule has 0 aliphatic rings. The van der Waals surface area contributed by atoms with Gasteiger partial charge in [-0.05, 0) is 67.5 Å². The van der Waals surface area contributed by atoms with Gasteiger partial charge in [0.15, 0.2) is 0 Å². The molecule has 0 unspecified atom stereocenters. The highest BCUT2D eigenvalue weighted by molar-refractivity contribution is 6.31. The van der Waals surface area contributed by atoms with Crippen molar-refractivity contribution in [2.24, 2.45) is 9.98 Å². The topological polar surface area (TPSA) is 41.8 Å². The van der Waals surface area contributed by atoms with E-state index in [1.54, 1.807) is 0 Å². The van der Waals surface area contributed by atoms with Crippen molar-refractivity contribution in [3.05, 3.63) is 59.7 Å². The first-order valence-electron chi connectivity index (χ1n) is 20.5. The van der Waals surface area contributed by atoms with E-state index in [4.69, 9.17) is 9.98 Å². The molecule has 0 radical (unpaired) electrons. The van der Waals surface area contributed by atoms with E-state index >= 15 is 0 Å². The molecule has 2 rings (SSSR count). The highest BCUT2D eigenvalue weighted by Gasteiger charge is 2.05. The maximum Gasteiger partial charge on any atom is 0.137 e. The molecule has 48 heavy (non-hydrogen) atoms. The van der Waals surface area contributed by atoms with Gasteiger partial charge in [-0.15, -0.1) is 0 Å². The third-order valence-electron chi connectivity index (χ3n) is 9.55. The number of carbonyl (C=O) groups excluding carboxylic acids is 1. The number of nitrogens with zero attached hydrogens (tertiary/aromatic N) is 2. The van der Waals surface area contributed by atoms with Gasteiger partial charge in [0.2, 0.25) is 0 Å². The molecule has 0 atom stereocenters. The Labute approximate surface area is 296 Å². The fourth-order valence-corrected chi connectivity index (χ4v) is 6.44. The highest BCUT2D eigenvalue weighted by atomic mass is 16.1. The normalized spacial score (nSPS) is 11.9. The summed E-state index contributed by atoms with van der Waals surface area (Å²) in [5.41, 5.74) is 5.49. The van der Waals surface area contributed by atoms with Crippen LogP contribution in [0, 0.1) is 0 Å². The second-order valence-electron chi connectivity index (χ2n) is 14.2. The molecule has 0 amide bonds. The first kappa shape index (κ1) is 41.6. The summed E-state index contributed by atoms with van der Waals surface area (Å²) in [6, 6.07) is 17.1. The molecule has 0 saturated carbocycles. The van der Waals surface area contributed by atoms with E-state index < -0.39 is 0 Å². The Bertz CT molecular complexity index is 1120. The van der Waals surface area contributed by atoms with Crippen molar-refractivity contribution in [2.45, 2.75) is 194 Å². The number of Topliss-reactive ketones (excluding diaryl/α,β-unsaturated/α-hetero) is 1. The van der Waals surface area contributed by atoms with Crippen LogP contribution in [0.5, 0.6) is 0 Å². The Morgan fingerprint density at radius 1 is 0.521 bits per heavy atom. The van der Waals surface area contributed by atoms with Gasteiger partial charge < -0.3 is 0 Å². The van der Waals surface area contributed by atoms with Crippen LogP contribution in [0.3, 0.4) is 0 Å². The van der Waals surface area contributed by atoms with Gasteiger partial charge in [-0.2, -0.15) is 0 Å². The molecule has 2 aromatic rings. The van der Waals surface area contributed by atoms with Gasteiger partial charge in [-0.1, -0.05) is 173 Å². The predicted octanol–water partition coefficient (Wildman–Crippen LogP) is 14.6. The number of unbranched alkanes of at least 4 members (excludes halogenated alkanes) is 20. The molecule has 0 aromatic heterocycles. The Balaban J connectivity index is 1.88. The zero-order valence-corrected chi connectivity index (χ0v) is 31.6. The average molecular weight is 657 g/mol. The summed E-state index contributed by atoms with van der Waals surface area (Å²) >= 11 is 0. The SMILES string of the molecule is CCCCCCCCCCCc1cccc(N=C(C=Nc2ccc(CC(=O)CCCCCCCCCC)cc2)CCCCCCCC)c1. The van der Waals surface area contributed by atoms with Crippen LogP contribution in [-0.4, -0.2) is 17.7 Å². The molecule has 2 aromatic carbocycles. The van der Waals surface area contributed by atoms with Gasteiger partial charge in [0.05, 0.1) is 17.1 Å². The fourth-order valence-electron chi connectivity index (χ4n) is 6.44. The van der Waals surface area contributed by atoms with Gasteiger partial charge in [-0.25, -0.2) is 0 Å². The molecular weight excluding hydrogens is 585 g/mol. The average Bonchev–Trinajstić information content (AvgIpc) is 3.10. The minimum atomic E-state index is 0.352. The maximum absolute atomic E-state index is 12.6. The summed E-state index contributed by atoms with van der Waals surface area (Å²) in [5.74, 6) is 0.352. The highest BCUT2D eigenvalue weighted by Crippen LogP contribution is 2.20. The van der Waals surface area contributed by atoms with E-state index in [-0.39, 0.29) is 0 Å². The van der Waals surface area contributed by atoms with Crippen LogP contribution in [0.25, 0.3) is 0 Å². The van der Waals surface area contributed by atoms with E-state index in [9.17, 15) is 4.79 Å². The maximum atomic E-state index is 12.6. The summed E-state index contributed by atoms with van der Waals surface area (Å²) in [6.45, 7) is 6.82. The number of benzene rings is 2. The van der Waals surface area contributed by atoms with E-state index in [1.807, 2.05) is 18.3 Å². The summed E-state index contributed by atoms with van der Waals surface area (Å²) in [5, 5.41) is 0. The van der Waals surface area contributed by atoms with E-state index in [0.29, 0.717) is 18.6 Å². The van der Waals surface area contributed by atoms with Crippen LogP contribution in [-0.2, 0) is 17.6 Å². The third-order valence-corrected chi connectivity index (χ3v) is 9.55. The number of aliphatic imine (C=N–C) groups is 2. The minimum absolute atomic E-state index is 0.352. The van der Waals surface area contributed by atoms with Gasteiger partial charge in [0.25, 0.3) is 0 Å². The summed E-state index contributed by atoms with van der Waals surface area (Å²) in [4.78, 5) is 22.5. The second kappa shape index (κ2) is 29.4. The number of rotatable bonds is 31. The molecule has 0 N–H and O–H groups in total. The van der Waals surface area contributed by atoms with E-state index in [0.717, 1.165) is 48.3 Å². The summed E-state index contributed by atoms with van der Waals surface area (Å²) in [7, 11) is 0. The Morgan fingerprint density at radius 3 is 1.58 bits per heavy atom. The lowest BCUT2D eigenvalue weighted by molar-refractivity contribution is -0.118. The quantitative estimate of drug-likeness (QED) is 0.0588. The van der Waals surface area contributed by atoms with Crippen LogP contribution in [0.4, 0.5) is 11.4 Å². The van der Waals surface area contributed by atoms with Crippen LogP contribution >= 0.6 is 0 Å². The summed E-state index contributed by atoms with van der Waals surface area (Å²) < 4.78 is 0. The monoisotopic (exact) mass is 657 g/mol. The minimum Gasteiger partial charge on any atom is -0.299 e. The molecule has 0 fully saturated rings. The molecule has 268 valence electrons. The molecule has 0 aliphatic heterocycles. The first-order chi connectivity index (χ1) is 23.6. The zero-order valence-electron chi connectivity index (χ0n) is 31.6. The van der Waals surface area contributed by atoms with Gasteiger partial charge in [0.1, 0.15) is 5.78 Å². The zero-order chi connectivity index (χ0) is 34.3. The smallest absolute Gasteiger partial charge is 0.137 e. The molecule has 0 saturated heterocycles. The summed E-state index contributed by atoms with van der Waals surface area (Å²) in [6.07, 6.45) is 35.3. The lowest BCUT2D eigenvalue weighted by Crippen LogP contribution is -2.02. The van der Waals surface area contributed by atoms with Gasteiger partial charge in [-0.3, -0.25) is 14.8 Å². The van der Waals surface area contributed by atoms with Crippen molar-refractivity contribution in [3.8, 4) is 0 Å². The molecule has 0 bridgehead atoms. The number of ketones is 1. The van der Waals surface area contributed by atoms with Gasteiger partial charge in [0, 0.05) is 19.1 Å². The second-order valence-corrected chi connectivity index (χ2v) is 14.2.